The standard InChI is InChI=1S/C26H24N4O2/c1-4-22(29-24(31)5-2)19-7-6-8-20(15-19)23-13-14-27-26-21(16-28-30(23)26)25(32)18-11-9-17(3)10-12-18/h4,6-16,22H,1,5H2,2-3H3,(H,29,31). The minimum absolute atomic E-state index is 0.0436. The summed E-state index contributed by atoms with van der Waals surface area (Å²) in [6.45, 7) is 7.65. The first-order chi connectivity index (χ1) is 15.5. The lowest BCUT2D eigenvalue weighted by Gasteiger charge is -2.16. The monoisotopic (exact) mass is 424 g/mol. The number of fused-ring (bicyclic) bond motifs is 1. The van der Waals surface area contributed by atoms with E-state index in [0.717, 1.165) is 22.4 Å². The summed E-state index contributed by atoms with van der Waals surface area (Å²) in [7, 11) is 0. The molecule has 4 aromatic rings. The third kappa shape index (κ3) is 4.07. The SMILES string of the molecule is C=CC(NC(=O)CC)c1cccc(-c2ccnc3c(C(=O)c4ccc(C)cc4)cnn23)c1. The summed E-state index contributed by atoms with van der Waals surface area (Å²) in [5.41, 5.74) is 5.24. The van der Waals surface area contributed by atoms with Crippen molar-refractivity contribution in [3.8, 4) is 11.3 Å². The van der Waals surface area contributed by atoms with E-state index in [9.17, 15) is 9.59 Å². The lowest BCUT2D eigenvalue weighted by Crippen LogP contribution is -2.26. The van der Waals surface area contributed by atoms with Crippen molar-refractivity contribution < 1.29 is 9.59 Å². The molecule has 0 aliphatic rings. The molecule has 1 N–H and O–H groups in total. The van der Waals surface area contributed by atoms with Crippen molar-refractivity contribution in [2.75, 3.05) is 0 Å². The number of aromatic nitrogens is 3. The molecule has 6 heteroatoms. The molecule has 0 aliphatic heterocycles. The Balaban J connectivity index is 1.73. The zero-order valence-corrected chi connectivity index (χ0v) is 18.1. The Labute approximate surface area is 186 Å². The summed E-state index contributed by atoms with van der Waals surface area (Å²) < 4.78 is 1.67. The molecule has 0 fully saturated rings. The number of aryl methyl sites for hydroxylation is 1. The van der Waals surface area contributed by atoms with Gasteiger partial charge in [0.15, 0.2) is 11.4 Å². The fraction of sp³-hybridized carbons (Fsp3) is 0.154. The van der Waals surface area contributed by atoms with Crippen molar-refractivity contribution in [3.05, 3.63) is 102 Å². The number of carbonyl (C=O) groups is 2. The number of hydrogen-bond donors (Lipinski definition) is 1. The first-order valence-electron chi connectivity index (χ1n) is 10.5. The maximum absolute atomic E-state index is 13.0. The van der Waals surface area contributed by atoms with Crippen LogP contribution in [0.25, 0.3) is 16.9 Å². The van der Waals surface area contributed by atoms with Gasteiger partial charge in [0.1, 0.15) is 0 Å². The minimum Gasteiger partial charge on any atom is -0.346 e. The van der Waals surface area contributed by atoms with Crippen LogP contribution in [0.2, 0.25) is 0 Å². The Morgan fingerprint density at radius 3 is 2.66 bits per heavy atom. The zero-order chi connectivity index (χ0) is 22.7. The van der Waals surface area contributed by atoms with Gasteiger partial charge in [0.2, 0.25) is 5.91 Å². The van der Waals surface area contributed by atoms with E-state index in [1.165, 1.54) is 0 Å². The maximum atomic E-state index is 13.0. The molecule has 0 saturated carbocycles. The number of nitrogens with zero attached hydrogens (tertiary/aromatic N) is 3. The molecule has 32 heavy (non-hydrogen) atoms. The van der Waals surface area contributed by atoms with Gasteiger partial charge in [-0.25, -0.2) is 9.50 Å². The van der Waals surface area contributed by atoms with Crippen LogP contribution in [-0.2, 0) is 4.79 Å². The fourth-order valence-corrected chi connectivity index (χ4v) is 3.58. The second-order valence-corrected chi connectivity index (χ2v) is 7.58. The quantitative estimate of drug-likeness (QED) is 0.345. The van der Waals surface area contributed by atoms with Crippen LogP contribution >= 0.6 is 0 Å². The second-order valence-electron chi connectivity index (χ2n) is 7.58. The van der Waals surface area contributed by atoms with Crippen molar-refractivity contribution >= 4 is 17.3 Å². The largest absolute Gasteiger partial charge is 0.346 e. The summed E-state index contributed by atoms with van der Waals surface area (Å²) in [6, 6.07) is 16.8. The van der Waals surface area contributed by atoms with E-state index < -0.39 is 0 Å². The minimum atomic E-state index is -0.295. The smallest absolute Gasteiger partial charge is 0.220 e. The van der Waals surface area contributed by atoms with Gasteiger partial charge in [-0.1, -0.05) is 61.0 Å². The number of hydrogen-bond acceptors (Lipinski definition) is 4. The molecule has 1 amide bonds. The van der Waals surface area contributed by atoms with Gasteiger partial charge in [-0.15, -0.1) is 6.58 Å². The van der Waals surface area contributed by atoms with Gasteiger partial charge in [0, 0.05) is 23.7 Å². The number of nitrogens with one attached hydrogen (secondary N) is 1. The van der Waals surface area contributed by atoms with E-state index in [-0.39, 0.29) is 17.7 Å². The highest BCUT2D eigenvalue weighted by atomic mass is 16.1. The molecule has 0 bridgehead atoms. The lowest BCUT2D eigenvalue weighted by atomic mass is 10.0. The van der Waals surface area contributed by atoms with E-state index >= 15 is 0 Å². The molecular formula is C26H24N4O2. The van der Waals surface area contributed by atoms with Crippen LogP contribution in [0.5, 0.6) is 0 Å². The predicted molar refractivity (Wildman–Crippen MR) is 124 cm³/mol. The van der Waals surface area contributed by atoms with Gasteiger partial charge in [-0.2, -0.15) is 5.10 Å². The topological polar surface area (TPSA) is 76.4 Å². The lowest BCUT2D eigenvalue weighted by molar-refractivity contribution is -0.121. The molecular weight excluding hydrogens is 400 g/mol. The Hall–Kier alpha value is -4.06. The Kier molecular flexibility index (Phi) is 5.94. The first-order valence-corrected chi connectivity index (χ1v) is 10.5. The van der Waals surface area contributed by atoms with Crippen LogP contribution in [0.4, 0.5) is 0 Å². The summed E-state index contributed by atoms with van der Waals surface area (Å²) in [5, 5.41) is 7.41. The molecule has 2 aromatic carbocycles. The highest BCUT2D eigenvalue weighted by Crippen LogP contribution is 2.25. The summed E-state index contributed by atoms with van der Waals surface area (Å²) in [4.78, 5) is 29.3. The zero-order valence-electron chi connectivity index (χ0n) is 18.1. The molecule has 6 nitrogen and oxygen atoms in total. The summed E-state index contributed by atoms with van der Waals surface area (Å²) in [5.74, 6) is -0.162. The summed E-state index contributed by atoms with van der Waals surface area (Å²) in [6.07, 6.45) is 5.35. The maximum Gasteiger partial charge on any atom is 0.220 e. The van der Waals surface area contributed by atoms with E-state index in [1.807, 2.05) is 68.4 Å². The highest BCUT2D eigenvalue weighted by Gasteiger charge is 2.18. The van der Waals surface area contributed by atoms with Gasteiger partial charge in [0.05, 0.1) is 23.5 Å². The van der Waals surface area contributed by atoms with Crippen molar-refractivity contribution in [2.24, 2.45) is 0 Å². The van der Waals surface area contributed by atoms with E-state index in [0.29, 0.717) is 23.2 Å². The molecule has 2 aromatic heterocycles. The van der Waals surface area contributed by atoms with E-state index in [1.54, 1.807) is 23.0 Å². The average Bonchev–Trinajstić information content (AvgIpc) is 3.26. The number of carbonyl (C=O) groups excluding carboxylic acids is 2. The molecule has 0 radical (unpaired) electrons. The van der Waals surface area contributed by atoms with E-state index in [2.05, 4.69) is 22.0 Å². The molecule has 0 aliphatic carbocycles. The number of benzene rings is 2. The van der Waals surface area contributed by atoms with Crippen LogP contribution in [-0.4, -0.2) is 26.3 Å². The van der Waals surface area contributed by atoms with Gasteiger partial charge in [0.25, 0.3) is 0 Å². The van der Waals surface area contributed by atoms with Gasteiger partial charge < -0.3 is 5.32 Å². The fourth-order valence-electron chi connectivity index (χ4n) is 3.58. The van der Waals surface area contributed by atoms with Gasteiger partial charge >= 0.3 is 0 Å². The third-order valence-electron chi connectivity index (χ3n) is 5.37. The van der Waals surface area contributed by atoms with Crippen molar-refractivity contribution in [3.63, 3.8) is 0 Å². The van der Waals surface area contributed by atoms with Crippen LogP contribution in [0.3, 0.4) is 0 Å². The van der Waals surface area contributed by atoms with Gasteiger partial charge in [-0.3, -0.25) is 9.59 Å². The molecule has 0 spiro atoms. The molecule has 0 saturated heterocycles. The van der Waals surface area contributed by atoms with Crippen molar-refractivity contribution in [2.45, 2.75) is 26.3 Å². The van der Waals surface area contributed by atoms with Crippen LogP contribution in [0.1, 0.15) is 46.4 Å². The molecule has 4 rings (SSSR count). The summed E-state index contributed by atoms with van der Waals surface area (Å²) >= 11 is 0. The third-order valence-corrected chi connectivity index (χ3v) is 5.37. The predicted octanol–water partition coefficient (Wildman–Crippen LogP) is 4.69. The Morgan fingerprint density at radius 2 is 1.94 bits per heavy atom. The van der Waals surface area contributed by atoms with E-state index in [4.69, 9.17) is 0 Å². The Bertz CT molecular complexity index is 1310. The number of rotatable bonds is 7. The van der Waals surface area contributed by atoms with Crippen LogP contribution in [0.15, 0.2) is 79.6 Å². The molecule has 1 atom stereocenters. The molecule has 1 unspecified atom stereocenters. The van der Waals surface area contributed by atoms with Gasteiger partial charge in [-0.05, 0) is 24.6 Å². The molecule has 160 valence electrons. The number of ketones is 1. The molecule has 2 heterocycles. The first kappa shape index (κ1) is 21.2. The van der Waals surface area contributed by atoms with Crippen molar-refractivity contribution in [1.29, 1.82) is 0 Å². The number of amides is 1. The Morgan fingerprint density at radius 1 is 1.16 bits per heavy atom. The normalized spacial score (nSPS) is 11.8. The van der Waals surface area contributed by atoms with Crippen molar-refractivity contribution in [1.82, 2.24) is 19.9 Å². The highest BCUT2D eigenvalue weighted by molar-refractivity contribution is 6.12. The van der Waals surface area contributed by atoms with Crippen LogP contribution in [0, 0.1) is 6.92 Å². The second kappa shape index (κ2) is 8.98. The van der Waals surface area contributed by atoms with Crippen LogP contribution < -0.4 is 5.32 Å². The average molecular weight is 425 g/mol.